The molecule has 2 aromatic heterocycles. The first-order valence-corrected chi connectivity index (χ1v) is 11.5. The molecule has 0 radical (unpaired) electrons. The molecular formula is C25H27N3S. The van der Waals surface area contributed by atoms with Gasteiger partial charge in [0.05, 0.1) is 5.69 Å². The second kappa shape index (κ2) is 8.03. The van der Waals surface area contributed by atoms with Gasteiger partial charge in [-0.3, -0.25) is 0 Å². The molecule has 1 fully saturated rings. The van der Waals surface area contributed by atoms with Crippen molar-refractivity contribution in [2.75, 3.05) is 5.32 Å². The van der Waals surface area contributed by atoms with Crippen LogP contribution in [0.2, 0.25) is 0 Å². The van der Waals surface area contributed by atoms with E-state index in [4.69, 9.17) is 4.98 Å². The predicted octanol–water partition coefficient (Wildman–Crippen LogP) is 6.87. The van der Waals surface area contributed by atoms with Gasteiger partial charge in [-0.15, -0.1) is 11.3 Å². The summed E-state index contributed by atoms with van der Waals surface area (Å²) >= 11 is 1.73. The van der Waals surface area contributed by atoms with Crippen LogP contribution >= 0.6 is 11.3 Å². The monoisotopic (exact) mass is 401 g/mol. The van der Waals surface area contributed by atoms with Crippen LogP contribution in [0.5, 0.6) is 0 Å². The van der Waals surface area contributed by atoms with Crippen LogP contribution in [0.3, 0.4) is 0 Å². The number of aryl methyl sites for hydroxylation is 1. The molecule has 2 heterocycles. The van der Waals surface area contributed by atoms with Crippen molar-refractivity contribution in [1.82, 2.24) is 9.55 Å². The van der Waals surface area contributed by atoms with Crippen LogP contribution in [0.25, 0.3) is 22.2 Å². The third kappa shape index (κ3) is 3.95. The van der Waals surface area contributed by atoms with Crippen molar-refractivity contribution in [3.05, 3.63) is 71.2 Å². The summed E-state index contributed by atoms with van der Waals surface area (Å²) < 4.78 is 2.36. The van der Waals surface area contributed by atoms with E-state index in [0.717, 1.165) is 17.4 Å². The topological polar surface area (TPSA) is 29.9 Å². The van der Waals surface area contributed by atoms with Crippen LogP contribution in [-0.4, -0.2) is 15.6 Å². The Labute approximate surface area is 176 Å². The fourth-order valence-electron chi connectivity index (χ4n) is 4.40. The number of thiazole rings is 1. The van der Waals surface area contributed by atoms with Gasteiger partial charge in [-0.05, 0) is 37.0 Å². The molecule has 1 saturated carbocycles. The Kier molecular flexibility index (Phi) is 5.11. The molecule has 1 aliphatic rings. The lowest BCUT2D eigenvalue weighted by Crippen LogP contribution is -2.21. The number of hydrogen-bond donors (Lipinski definition) is 1. The normalized spacial score (nSPS) is 15.1. The van der Waals surface area contributed by atoms with Gasteiger partial charge in [-0.2, -0.15) is 0 Å². The van der Waals surface area contributed by atoms with E-state index in [1.165, 1.54) is 59.7 Å². The summed E-state index contributed by atoms with van der Waals surface area (Å²) in [7, 11) is 0. The lowest BCUT2D eigenvalue weighted by atomic mass is 9.96. The van der Waals surface area contributed by atoms with E-state index in [2.05, 4.69) is 76.9 Å². The minimum atomic E-state index is 0.588. The molecule has 0 saturated heterocycles. The van der Waals surface area contributed by atoms with E-state index in [1.54, 1.807) is 11.3 Å². The number of nitrogens with one attached hydrogen (secondary N) is 1. The molecule has 148 valence electrons. The molecule has 0 aliphatic heterocycles. The molecule has 1 aliphatic carbocycles. The Morgan fingerprint density at radius 3 is 2.72 bits per heavy atom. The van der Waals surface area contributed by atoms with Gasteiger partial charge in [0.1, 0.15) is 0 Å². The van der Waals surface area contributed by atoms with E-state index in [9.17, 15) is 0 Å². The molecule has 4 aromatic rings. The maximum atomic E-state index is 4.96. The van der Waals surface area contributed by atoms with Crippen molar-refractivity contribution in [1.29, 1.82) is 0 Å². The second-order valence-electron chi connectivity index (χ2n) is 8.19. The van der Waals surface area contributed by atoms with Gasteiger partial charge in [0, 0.05) is 40.6 Å². The Morgan fingerprint density at radius 2 is 1.90 bits per heavy atom. The Bertz CT molecular complexity index is 1100. The van der Waals surface area contributed by atoms with E-state index in [1.807, 2.05) is 0 Å². The highest BCUT2D eigenvalue weighted by molar-refractivity contribution is 7.14. The van der Waals surface area contributed by atoms with Crippen LogP contribution in [0, 0.1) is 6.92 Å². The van der Waals surface area contributed by atoms with Crippen molar-refractivity contribution in [3.63, 3.8) is 0 Å². The van der Waals surface area contributed by atoms with Crippen molar-refractivity contribution in [3.8, 4) is 11.3 Å². The van der Waals surface area contributed by atoms with Crippen LogP contribution < -0.4 is 5.32 Å². The summed E-state index contributed by atoms with van der Waals surface area (Å²) in [6.07, 6.45) is 8.86. The molecule has 0 bridgehead atoms. The number of hydrogen-bond acceptors (Lipinski definition) is 3. The van der Waals surface area contributed by atoms with Gasteiger partial charge >= 0.3 is 0 Å². The first-order chi connectivity index (χ1) is 14.3. The lowest BCUT2D eigenvalue weighted by Gasteiger charge is -2.22. The average Bonchev–Trinajstić information content (AvgIpc) is 3.34. The van der Waals surface area contributed by atoms with E-state index in [-0.39, 0.29) is 0 Å². The first-order valence-electron chi connectivity index (χ1n) is 10.6. The number of benzene rings is 2. The van der Waals surface area contributed by atoms with Gasteiger partial charge in [0.25, 0.3) is 0 Å². The quantitative estimate of drug-likeness (QED) is 0.395. The zero-order valence-corrected chi connectivity index (χ0v) is 17.7. The summed E-state index contributed by atoms with van der Waals surface area (Å²) in [4.78, 5) is 4.96. The van der Waals surface area contributed by atoms with Crippen LogP contribution in [0.1, 0.15) is 43.2 Å². The van der Waals surface area contributed by atoms with Gasteiger partial charge < -0.3 is 9.88 Å². The van der Waals surface area contributed by atoms with E-state index in [0.29, 0.717) is 6.04 Å². The number of aromatic nitrogens is 2. The van der Waals surface area contributed by atoms with E-state index < -0.39 is 0 Å². The minimum absolute atomic E-state index is 0.588. The number of anilines is 1. The molecular weight excluding hydrogens is 374 g/mol. The highest BCUT2D eigenvalue weighted by Crippen LogP contribution is 2.34. The molecule has 0 unspecified atom stereocenters. The molecule has 4 heteroatoms. The van der Waals surface area contributed by atoms with Crippen LogP contribution in [-0.2, 0) is 6.54 Å². The predicted molar refractivity (Wildman–Crippen MR) is 124 cm³/mol. The number of nitrogens with zero attached hydrogens (tertiary/aromatic N) is 2. The van der Waals surface area contributed by atoms with Gasteiger partial charge in [-0.25, -0.2) is 4.98 Å². The maximum absolute atomic E-state index is 4.96. The lowest BCUT2D eigenvalue weighted by molar-refractivity contribution is 0.462. The fraction of sp³-hybridized carbons (Fsp3) is 0.320. The highest BCUT2D eigenvalue weighted by Gasteiger charge is 2.17. The Balaban J connectivity index is 1.48. The fourth-order valence-corrected chi connectivity index (χ4v) is 5.19. The molecule has 1 N–H and O–H groups in total. The Hall–Kier alpha value is -2.59. The number of fused-ring (bicyclic) bond motifs is 1. The largest absolute Gasteiger partial charge is 0.359 e. The van der Waals surface area contributed by atoms with Crippen molar-refractivity contribution in [2.45, 2.75) is 51.6 Å². The third-order valence-electron chi connectivity index (χ3n) is 5.95. The Morgan fingerprint density at radius 1 is 1.07 bits per heavy atom. The third-order valence-corrected chi connectivity index (χ3v) is 6.72. The van der Waals surface area contributed by atoms with Gasteiger partial charge in [0.2, 0.25) is 0 Å². The molecule has 0 atom stereocenters. The molecule has 0 amide bonds. The minimum Gasteiger partial charge on any atom is -0.359 e. The standard InChI is InChI=1S/C25H27N3S/c1-18-12-13-21-22(16-28(24(21)14-18)15-19-8-4-2-5-9-19)23-17-29-25(27-23)26-20-10-6-3-7-11-20/h2,4-5,8-9,12-14,16-17,20H,3,6-7,10-11,15H2,1H3,(H,26,27). The molecule has 29 heavy (non-hydrogen) atoms. The molecule has 2 aromatic carbocycles. The van der Waals surface area contributed by atoms with E-state index >= 15 is 0 Å². The van der Waals surface area contributed by atoms with Crippen molar-refractivity contribution < 1.29 is 0 Å². The van der Waals surface area contributed by atoms with Gasteiger partial charge in [-0.1, -0.05) is 61.7 Å². The first kappa shape index (κ1) is 18.4. The second-order valence-corrected chi connectivity index (χ2v) is 9.05. The summed E-state index contributed by atoms with van der Waals surface area (Å²) in [6.45, 7) is 3.03. The highest BCUT2D eigenvalue weighted by atomic mass is 32.1. The maximum Gasteiger partial charge on any atom is 0.183 e. The van der Waals surface area contributed by atoms with Crippen LogP contribution in [0.4, 0.5) is 5.13 Å². The SMILES string of the molecule is Cc1ccc2c(-c3csc(NC4CCCCC4)n3)cn(Cc3ccccc3)c2c1. The molecule has 5 rings (SSSR count). The summed E-state index contributed by atoms with van der Waals surface area (Å²) in [5.74, 6) is 0. The summed E-state index contributed by atoms with van der Waals surface area (Å²) in [5, 5.41) is 8.21. The van der Waals surface area contributed by atoms with Crippen molar-refractivity contribution >= 4 is 27.4 Å². The van der Waals surface area contributed by atoms with Gasteiger partial charge in [0.15, 0.2) is 5.13 Å². The smallest absolute Gasteiger partial charge is 0.183 e. The summed E-state index contributed by atoms with van der Waals surface area (Å²) in [5.41, 5.74) is 6.18. The zero-order chi connectivity index (χ0) is 19.6. The summed E-state index contributed by atoms with van der Waals surface area (Å²) in [6, 6.07) is 18.0. The van der Waals surface area contributed by atoms with Crippen molar-refractivity contribution in [2.24, 2.45) is 0 Å². The average molecular weight is 402 g/mol. The zero-order valence-electron chi connectivity index (χ0n) is 16.9. The van der Waals surface area contributed by atoms with Crippen LogP contribution in [0.15, 0.2) is 60.1 Å². The number of rotatable bonds is 5. The molecule has 3 nitrogen and oxygen atoms in total. The molecule has 0 spiro atoms.